The van der Waals surface area contributed by atoms with Crippen LogP contribution in [0.25, 0.3) is 0 Å². The van der Waals surface area contributed by atoms with Crippen LogP contribution in [0.3, 0.4) is 0 Å². The minimum absolute atomic E-state index is 0.0537. The van der Waals surface area contributed by atoms with E-state index in [1.807, 2.05) is 32.0 Å². The second kappa shape index (κ2) is 6.46. The van der Waals surface area contributed by atoms with Gasteiger partial charge in [0.1, 0.15) is 23.4 Å². The molecule has 8 heteroatoms. The number of aromatic nitrogens is 4. The molecule has 1 aromatic heterocycles. The molecule has 0 aliphatic carbocycles. The molecule has 1 atom stereocenters. The molecule has 1 aliphatic heterocycles. The average Bonchev–Trinajstić information content (AvgIpc) is 3.05. The van der Waals surface area contributed by atoms with Gasteiger partial charge < -0.3 is 14.8 Å². The first-order chi connectivity index (χ1) is 11.5. The third-order valence-electron chi connectivity index (χ3n) is 3.97. The minimum Gasteiger partial charge on any atom is -0.497 e. The number of hydrogen-bond acceptors (Lipinski definition) is 6. The highest BCUT2D eigenvalue weighted by Gasteiger charge is 2.34. The summed E-state index contributed by atoms with van der Waals surface area (Å²) in [6, 6.07) is 5.53. The Balaban J connectivity index is 1.73. The summed E-state index contributed by atoms with van der Waals surface area (Å²) in [5.74, 6) is 1.46. The molecular formula is C16H21N5O3. The largest absolute Gasteiger partial charge is 0.497 e. The number of nitrogens with zero attached hydrogens (tertiary/aromatic N) is 4. The third-order valence-corrected chi connectivity index (χ3v) is 3.97. The summed E-state index contributed by atoms with van der Waals surface area (Å²) in [6.07, 6.45) is 2.48. The summed E-state index contributed by atoms with van der Waals surface area (Å²) in [5.41, 5.74) is 0.583. The van der Waals surface area contributed by atoms with Crippen LogP contribution in [-0.2, 0) is 11.3 Å². The van der Waals surface area contributed by atoms with Crippen molar-refractivity contribution in [3.63, 3.8) is 0 Å². The number of nitrogens with one attached hydrogen (secondary N) is 1. The fourth-order valence-corrected chi connectivity index (χ4v) is 2.85. The first-order valence-corrected chi connectivity index (χ1v) is 7.84. The summed E-state index contributed by atoms with van der Waals surface area (Å²) < 4.78 is 12.8. The highest BCUT2D eigenvalue weighted by Crippen LogP contribution is 2.41. The van der Waals surface area contributed by atoms with Crippen LogP contribution in [0.1, 0.15) is 38.3 Å². The molecule has 8 nitrogen and oxygen atoms in total. The van der Waals surface area contributed by atoms with Gasteiger partial charge in [-0.2, -0.15) is 0 Å². The van der Waals surface area contributed by atoms with Crippen LogP contribution in [0.4, 0.5) is 0 Å². The Morgan fingerprint density at radius 1 is 1.50 bits per heavy atom. The van der Waals surface area contributed by atoms with Crippen molar-refractivity contribution in [1.82, 2.24) is 25.5 Å². The van der Waals surface area contributed by atoms with E-state index in [1.54, 1.807) is 7.11 Å². The van der Waals surface area contributed by atoms with Gasteiger partial charge >= 0.3 is 0 Å². The van der Waals surface area contributed by atoms with Crippen molar-refractivity contribution in [3.05, 3.63) is 30.1 Å². The van der Waals surface area contributed by atoms with Crippen LogP contribution >= 0.6 is 0 Å². The normalized spacial score (nSPS) is 18.4. The molecule has 2 aromatic rings. The molecule has 0 saturated carbocycles. The molecule has 0 unspecified atom stereocenters. The summed E-state index contributed by atoms with van der Waals surface area (Å²) in [7, 11) is 1.62. The maximum atomic E-state index is 12.3. The minimum atomic E-state index is -0.352. The maximum Gasteiger partial charge on any atom is 0.222 e. The van der Waals surface area contributed by atoms with Gasteiger partial charge in [-0.1, -0.05) is 0 Å². The number of rotatable bonds is 5. The molecule has 0 radical (unpaired) electrons. The van der Waals surface area contributed by atoms with Gasteiger partial charge in [-0.15, -0.1) is 5.10 Å². The van der Waals surface area contributed by atoms with Crippen molar-refractivity contribution in [2.75, 3.05) is 7.11 Å². The maximum absolute atomic E-state index is 12.3. The predicted molar refractivity (Wildman–Crippen MR) is 85.6 cm³/mol. The standard InChI is InChI=1S/C16H21N5O3/c1-16(2)9-13(12-8-11(23-3)4-5-14(12)24-16)18-15(22)6-7-21-10-17-19-20-21/h4-5,8,10,13H,6-7,9H2,1-3H3,(H,18,22)/t13-/m0/s1. The Morgan fingerprint density at radius 3 is 3.04 bits per heavy atom. The molecule has 1 amide bonds. The number of methoxy groups -OCH3 is 1. The molecule has 3 rings (SSSR count). The zero-order valence-corrected chi connectivity index (χ0v) is 14.0. The molecule has 24 heavy (non-hydrogen) atoms. The number of ether oxygens (including phenoxy) is 2. The third kappa shape index (κ3) is 3.64. The highest BCUT2D eigenvalue weighted by molar-refractivity contribution is 5.76. The van der Waals surface area contributed by atoms with Crippen LogP contribution < -0.4 is 14.8 Å². The van der Waals surface area contributed by atoms with Crippen molar-refractivity contribution in [3.8, 4) is 11.5 Å². The Bertz CT molecular complexity index is 715. The fraction of sp³-hybridized carbons (Fsp3) is 0.500. The number of fused-ring (bicyclic) bond motifs is 1. The quantitative estimate of drug-likeness (QED) is 0.892. The van der Waals surface area contributed by atoms with Gasteiger partial charge in [0.15, 0.2) is 0 Å². The Morgan fingerprint density at radius 2 is 2.33 bits per heavy atom. The van der Waals surface area contributed by atoms with Crippen molar-refractivity contribution < 1.29 is 14.3 Å². The van der Waals surface area contributed by atoms with Crippen molar-refractivity contribution in [1.29, 1.82) is 0 Å². The van der Waals surface area contributed by atoms with Gasteiger partial charge in [-0.05, 0) is 42.5 Å². The van der Waals surface area contributed by atoms with E-state index in [2.05, 4.69) is 20.8 Å². The zero-order chi connectivity index (χ0) is 17.2. The molecule has 0 spiro atoms. The average molecular weight is 331 g/mol. The lowest BCUT2D eigenvalue weighted by atomic mass is 9.89. The first-order valence-electron chi connectivity index (χ1n) is 7.84. The van der Waals surface area contributed by atoms with E-state index in [1.165, 1.54) is 11.0 Å². The van der Waals surface area contributed by atoms with E-state index in [0.29, 0.717) is 19.4 Å². The molecule has 0 fully saturated rings. The number of carbonyl (C=O) groups excluding carboxylic acids is 1. The number of hydrogen-bond donors (Lipinski definition) is 1. The van der Waals surface area contributed by atoms with Crippen LogP contribution in [0.15, 0.2) is 24.5 Å². The van der Waals surface area contributed by atoms with Gasteiger partial charge in [0, 0.05) is 18.4 Å². The smallest absolute Gasteiger partial charge is 0.222 e. The van der Waals surface area contributed by atoms with Crippen molar-refractivity contribution in [2.24, 2.45) is 0 Å². The summed E-state index contributed by atoms with van der Waals surface area (Å²) in [5, 5.41) is 14.0. The molecule has 0 saturated heterocycles. The van der Waals surface area contributed by atoms with Crippen LogP contribution in [0.5, 0.6) is 11.5 Å². The SMILES string of the molecule is COc1ccc2c(c1)[C@@H](NC(=O)CCn1cnnn1)CC(C)(C)O2. The van der Waals surface area contributed by atoms with Gasteiger partial charge in [-0.25, -0.2) is 4.68 Å². The number of carbonyl (C=O) groups is 1. The summed E-state index contributed by atoms with van der Waals surface area (Å²) in [6.45, 7) is 4.47. The second-order valence-electron chi connectivity index (χ2n) is 6.41. The van der Waals surface area contributed by atoms with Gasteiger partial charge in [0.2, 0.25) is 5.91 Å². The molecule has 2 heterocycles. The molecule has 1 aliphatic rings. The van der Waals surface area contributed by atoms with E-state index in [4.69, 9.17) is 9.47 Å². The zero-order valence-electron chi connectivity index (χ0n) is 14.0. The molecule has 1 aromatic carbocycles. The van der Waals surface area contributed by atoms with E-state index in [-0.39, 0.29) is 17.6 Å². The Labute approximate surface area is 140 Å². The Kier molecular flexibility index (Phi) is 4.37. The van der Waals surface area contributed by atoms with E-state index < -0.39 is 0 Å². The lowest BCUT2D eigenvalue weighted by Crippen LogP contribution is -2.41. The van der Waals surface area contributed by atoms with Gasteiger partial charge in [0.05, 0.1) is 19.7 Å². The predicted octanol–water partition coefficient (Wildman–Crippen LogP) is 1.49. The number of aryl methyl sites for hydroxylation is 1. The van der Waals surface area contributed by atoms with E-state index >= 15 is 0 Å². The molecule has 0 bridgehead atoms. The fourth-order valence-electron chi connectivity index (χ4n) is 2.85. The Hall–Kier alpha value is -2.64. The lowest BCUT2D eigenvalue weighted by Gasteiger charge is -2.38. The molecular weight excluding hydrogens is 310 g/mol. The highest BCUT2D eigenvalue weighted by atomic mass is 16.5. The van der Waals surface area contributed by atoms with Gasteiger partial charge in [0.25, 0.3) is 0 Å². The van der Waals surface area contributed by atoms with Crippen molar-refractivity contribution in [2.45, 2.75) is 44.9 Å². The molecule has 1 N–H and O–H groups in total. The van der Waals surface area contributed by atoms with Crippen LogP contribution in [0, 0.1) is 0 Å². The first kappa shape index (κ1) is 16.2. The number of benzene rings is 1. The van der Waals surface area contributed by atoms with Crippen LogP contribution in [-0.4, -0.2) is 38.8 Å². The molecule has 128 valence electrons. The monoisotopic (exact) mass is 331 g/mol. The number of amides is 1. The van der Waals surface area contributed by atoms with Crippen molar-refractivity contribution >= 4 is 5.91 Å². The lowest BCUT2D eigenvalue weighted by molar-refractivity contribution is -0.122. The second-order valence-corrected chi connectivity index (χ2v) is 6.41. The number of tetrazole rings is 1. The van der Waals surface area contributed by atoms with Crippen LogP contribution in [0.2, 0.25) is 0 Å². The van der Waals surface area contributed by atoms with E-state index in [0.717, 1.165) is 17.1 Å². The topological polar surface area (TPSA) is 91.2 Å². The summed E-state index contributed by atoms with van der Waals surface area (Å²) in [4.78, 5) is 12.3. The van der Waals surface area contributed by atoms with E-state index in [9.17, 15) is 4.79 Å². The summed E-state index contributed by atoms with van der Waals surface area (Å²) >= 11 is 0. The van der Waals surface area contributed by atoms with Gasteiger partial charge in [-0.3, -0.25) is 4.79 Å².